The fraction of sp³-hybridized carbons (Fsp3) is 0.432. The Balaban J connectivity index is 1.65. The van der Waals surface area contributed by atoms with Crippen LogP contribution < -0.4 is 4.57 Å². The summed E-state index contributed by atoms with van der Waals surface area (Å²) in [5.41, 5.74) is 11.9. The molecule has 0 unspecified atom stereocenters. The van der Waals surface area contributed by atoms with Crippen molar-refractivity contribution < 1.29 is 4.57 Å². The minimum Gasteiger partial charge on any atom is -0.307 e. The topological polar surface area (TPSA) is 8.29 Å². The van der Waals surface area contributed by atoms with Crippen LogP contribution in [-0.2, 0) is 13.5 Å². The van der Waals surface area contributed by atoms with Gasteiger partial charge in [-0.2, -0.15) is 0 Å². The summed E-state index contributed by atoms with van der Waals surface area (Å²) in [5.74, 6) is 0.644. The van der Waals surface area contributed by atoms with Crippen LogP contribution in [0.1, 0.15) is 88.5 Å². The number of benzene rings is 3. The third-order valence-corrected chi connectivity index (χ3v) is 9.90. The molecule has 1 aliphatic carbocycles. The first kappa shape index (κ1) is 24.9. The Morgan fingerprint density at radius 1 is 0.897 bits per heavy atom. The quantitative estimate of drug-likeness (QED) is 0.123. The van der Waals surface area contributed by atoms with Crippen LogP contribution in [0, 0.1) is 24.7 Å². The predicted molar refractivity (Wildman–Crippen MR) is 167 cm³/mol. The molecule has 0 aliphatic heterocycles. The van der Waals surface area contributed by atoms with Crippen LogP contribution in [-0.4, -0.2) is 4.40 Å². The van der Waals surface area contributed by atoms with Crippen LogP contribution in [0.15, 0.2) is 48.7 Å². The van der Waals surface area contributed by atoms with Gasteiger partial charge in [0.15, 0.2) is 6.20 Å². The third-order valence-electron chi connectivity index (χ3n) is 9.90. The molecule has 1 saturated carbocycles. The Hall–Kier alpha value is -3.13. The van der Waals surface area contributed by atoms with Crippen LogP contribution in [0.3, 0.4) is 0 Å². The van der Waals surface area contributed by atoms with Crippen molar-refractivity contribution in [1.29, 1.82) is 0 Å². The van der Waals surface area contributed by atoms with E-state index < -0.39 is 0 Å². The van der Waals surface area contributed by atoms with Crippen LogP contribution >= 0.6 is 0 Å². The molecule has 0 amide bonds. The van der Waals surface area contributed by atoms with E-state index in [4.69, 9.17) is 0 Å². The van der Waals surface area contributed by atoms with E-state index in [0.717, 1.165) is 6.42 Å². The molecule has 3 aromatic carbocycles. The Bertz CT molecular complexity index is 1920. The number of nitrogens with zero attached hydrogens (tertiary/aromatic N) is 2. The van der Waals surface area contributed by atoms with Gasteiger partial charge in [-0.05, 0) is 109 Å². The summed E-state index contributed by atoms with van der Waals surface area (Å²) in [4.78, 5) is 0. The highest BCUT2D eigenvalue weighted by Crippen LogP contribution is 2.46. The smallest absolute Gasteiger partial charge is 0.224 e. The van der Waals surface area contributed by atoms with Gasteiger partial charge in [0, 0.05) is 16.8 Å². The lowest BCUT2D eigenvalue weighted by Gasteiger charge is -2.34. The normalized spacial score (nSPS) is 17.0. The van der Waals surface area contributed by atoms with Crippen LogP contribution in [0.2, 0.25) is 0 Å². The van der Waals surface area contributed by atoms with E-state index in [0.29, 0.717) is 11.3 Å². The third kappa shape index (κ3) is 3.78. The maximum absolute atomic E-state index is 2.64. The summed E-state index contributed by atoms with van der Waals surface area (Å²) in [5, 5.41) is 6.96. The van der Waals surface area contributed by atoms with E-state index >= 15 is 0 Å². The van der Waals surface area contributed by atoms with Gasteiger partial charge in [0.05, 0.1) is 27.3 Å². The lowest BCUT2D eigenvalue weighted by atomic mass is 9.71. The second kappa shape index (κ2) is 8.19. The summed E-state index contributed by atoms with van der Waals surface area (Å²) < 4.78 is 5.01. The van der Waals surface area contributed by atoms with Gasteiger partial charge in [0.1, 0.15) is 7.05 Å². The highest BCUT2D eigenvalue weighted by molar-refractivity contribution is 6.26. The molecule has 1 aliphatic rings. The summed E-state index contributed by atoms with van der Waals surface area (Å²) in [6.07, 6.45) is 8.56. The van der Waals surface area contributed by atoms with E-state index in [1.165, 1.54) is 96.9 Å². The molecule has 0 atom stereocenters. The first-order valence-corrected chi connectivity index (χ1v) is 15.0. The monoisotopic (exact) mass is 515 g/mol. The zero-order valence-electron chi connectivity index (χ0n) is 25.1. The molecular formula is C37H43N2+. The van der Waals surface area contributed by atoms with Gasteiger partial charge >= 0.3 is 0 Å². The van der Waals surface area contributed by atoms with E-state index in [9.17, 15) is 0 Å². The van der Waals surface area contributed by atoms with Crippen molar-refractivity contribution in [2.75, 3.05) is 0 Å². The average Bonchev–Trinajstić information content (AvgIpc) is 3.17. The number of pyridine rings is 2. The molecule has 0 radical (unpaired) electrons. The predicted octanol–water partition coefficient (Wildman–Crippen LogP) is 9.70. The number of hydrogen-bond donors (Lipinski definition) is 0. The summed E-state index contributed by atoms with van der Waals surface area (Å²) in [7, 11) is 2.23. The summed E-state index contributed by atoms with van der Waals surface area (Å²) in [6.45, 7) is 16.5. The number of hydrogen-bond acceptors (Lipinski definition) is 0. The second-order valence-electron chi connectivity index (χ2n) is 14.7. The second-order valence-corrected chi connectivity index (χ2v) is 14.7. The summed E-state index contributed by atoms with van der Waals surface area (Å²) in [6, 6.07) is 17.1. The van der Waals surface area contributed by atoms with Crippen molar-refractivity contribution in [2.45, 2.75) is 86.5 Å². The molecule has 3 heterocycles. The van der Waals surface area contributed by atoms with Crippen molar-refractivity contribution >= 4 is 49.0 Å². The lowest BCUT2D eigenvalue weighted by Crippen LogP contribution is -2.29. The molecule has 2 heteroatoms. The van der Waals surface area contributed by atoms with E-state index in [2.05, 4.69) is 113 Å². The molecular weight excluding hydrogens is 472 g/mol. The number of aryl methyl sites for hydroxylation is 3. The minimum absolute atomic E-state index is 0.252. The molecule has 0 N–H and O–H groups in total. The fourth-order valence-corrected chi connectivity index (χ4v) is 7.66. The first-order valence-electron chi connectivity index (χ1n) is 15.0. The standard InChI is InChI=1S/C37H43N2/c1-22-17-29-28-10-9-24(21-36(3,4)5)18-30(28)39-31-20-27(25-11-14-37(6,7)15-12-25)19-26-13-16-38(8)35(33(26)31)32(23(22)2)34(29)39/h9-10,13,16-20,25H,11-12,14-15,21H2,1-8H3/q+1. The number of fused-ring (bicyclic) bond motifs is 5. The van der Waals surface area contributed by atoms with Gasteiger partial charge in [-0.1, -0.05) is 52.8 Å². The van der Waals surface area contributed by atoms with E-state index in [1.807, 2.05) is 0 Å². The van der Waals surface area contributed by atoms with Crippen molar-refractivity contribution in [3.8, 4) is 0 Å². The molecule has 200 valence electrons. The molecule has 0 spiro atoms. The van der Waals surface area contributed by atoms with Crippen molar-refractivity contribution in [3.05, 3.63) is 70.9 Å². The Labute approximate surface area is 233 Å². The average molecular weight is 516 g/mol. The van der Waals surface area contributed by atoms with E-state index in [1.54, 1.807) is 0 Å². The minimum atomic E-state index is 0.252. The van der Waals surface area contributed by atoms with Gasteiger partial charge in [-0.15, -0.1) is 0 Å². The zero-order chi connectivity index (χ0) is 27.4. The SMILES string of the molecule is Cc1cc2c3ccc(CC(C)(C)C)cc3n3c4cc(C5CCC(C)(C)CC5)cc5cc[n+](C)c(c(c1C)c23)c54. The first-order chi connectivity index (χ1) is 18.4. The van der Waals surface area contributed by atoms with Gasteiger partial charge in [-0.25, -0.2) is 4.57 Å². The molecule has 1 fully saturated rings. The highest BCUT2D eigenvalue weighted by Gasteiger charge is 2.30. The maximum Gasteiger partial charge on any atom is 0.224 e. The summed E-state index contributed by atoms with van der Waals surface area (Å²) >= 11 is 0. The van der Waals surface area contributed by atoms with Crippen LogP contribution in [0.4, 0.5) is 0 Å². The van der Waals surface area contributed by atoms with Gasteiger partial charge in [0.2, 0.25) is 5.52 Å². The maximum atomic E-state index is 2.64. The highest BCUT2D eigenvalue weighted by atomic mass is 15.0. The molecule has 3 aromatic heterocycles. The Morgan fingerprint density at radius 3 is 2.36 bits per heavy atom. The largest absolute Gasteiger partial charge is 0.307 e. The Morgan fingerprint density at radius 2 is 1.64 bits per heavy atom. The number of rotatable bonds is 2. The van der Waals surface area contributed by atoms with Gasteiger partial charge < -0.3 is 4.40 Å². The van der Waals surface area contributed by atoms with Crippen molar-refractivity contribution in [2.24, 2.45) is 17.9 Å². The number of aromatic nitrogens is 2. The molecule has 0 saturated heterocycles. The molecule has 6 aromatic rings. The fourth-order valence-electron chi connectivity index (χ4n) is 7.66. The van der Waals surface area contributed by atoms with Gasteiger partial charge in [-0.3, -0.25) is 0 Å². The lowest BCUT2D eigenvalue weighted by molar-refractivity contribution is -0.643. The van der Waals surface area contributed by atoms with Crippen molar-refractivity contribution in [3.63, 3.8) is 0 Å². The van der Waals surface area contributed by atoms with E-state index in [-0.39, 0.29) is 5.41 Å². The zero-order valence-corrected chi connectivity index (χ0v) is 25.1. The molecule has 39 heavy (non-hydrogen) atoms. The van der Waals surface area contributed by atoms with Gasteiger partial charge in [0.25, 0.3) is 0 Å². The van der Waals surface area contributed by atoms with Crippen LogP contribution in [0.5, 0.6) is 0 Å². The van der Waals surface area contributed by atoms with Crippen molar-refractivity contribution in [1.82, 2.24) is 4.40 Å². The molecule has 0 bridgehead atoms. The molecule has 7 rings (SSSR count). The van der Waals surface area contributed by atoms with Crippen LogP contribution in [0.25, 0.3) is 49.0 Å². The molecule has 2 nitrogen and oxygen atoms in total. The Kier molecular flexibility index (Phi) is 5.23.